The van der Waals surface area contributed by atoms with Crippen molar-refractivity contribution in [2.45, 2.75) is 90.8 Å². The first-order valence-electron chi connectivity index (χ1n) is 14.2. The molecule has 0 spiro atoms. The van der Waals surface area contributed by atoms with Crippen molar-refractivity contribution >= 4 is 17.8 Å². The van der Waals surface area contributed by atoms with Gasteiger partial charge in [-0.05, 0) is 106 Å². The van der Waals surface area contributed by atoms with Crippen LogP contribution in [-0.2, 0) is 9.63 Å². The molecule has 0 aromatic carbocycles. The Hall–Kier alpha value is -1.88. The molecule has 0 radical (unpaired) electrons. The van der Waals surface area contributed by atoms with Gasteiger partial charge in [0.25, 0.3) is 0 Å². The molecule has 0 saturated heterocycles. The van der Waals surface area contributed by atoms with Crippen molar-refractivity contribution in [1.29, 1.82) is 0 Å². The third-order valence-corrected chi connectivity index (χ3v) is 10.7. The minimum Gasteiger partial charge on any atom is -0.475 e. The number of likely N-dealkylation sites (N-methyl/N-ethyl adjacent to an activating group) is 2. The van der Waals surface area contributed by atoms with Crippen LogP contribution in [0.25, 0.3) is 0 Å². The van der Waals surface area contributed by atoms with E-state index in [0.717, 1.165) is 49.3 Å². The van der Waals surface area contributed by atoms with Crippen molar-refractivity contribution in [2.75, 3.05) is 27.2 Å². The standard InChI is InChI=1S/C26H45N3O3.C2HF3O2/c1-17(28-32-24(31)29(5)15-14-27-4)21-8-9-22-20-7-6-18-16-19(30)10-12-25(18,2)23(20)11-13-26(21,22)3;3-2(4,5)1(6)7/h18-23,27,30H,6-16H2,1-5H3;(H,6,7)/b28-17+;/t18?,19-,20+,21-,22+,23+,25+,26-;/m1./s1. The summed E-state index contributed by atoms with van der Waals surface area (Å²) in [5.74, 6) is 0.710. The third kappa shape index (κ3) is 6.72. The zero-order valence-corrected chi connectivity index (χ0v) is 23.9. The van der Waals surface area contributed by atoms with E-state index in [4.69, 9.17) is 14.7 Å². The Kier molecular flexibility index (Phi) is 10.0. The fourth-order valence-electron chi connectivity index (χ4n) is 8.54. The van der Waals surface area contributed by atoms with E-state index in [2.05, 4.69) is 31.2 Å². The SMILES string of the molecule is CNCCN(C)C(=O)O/N=C(\C)[C@H]1CC[C@H]2[C@@H]3CCC4C[C@H](O)CC[C@]4(C)[C@H]3CC[C@]12C.O=C(O)C(F)(F)F. The fraction of sp³-hybridized carbons (Fsp3) is 0.893. The summed E-state index contributed by atoms with van der Waals surface area (Å²) >= 11 is 0. The number of aliphatic hydroxyl groups is 1. The number of fused-ring (bicyclic) bond motifs is 5. The number of hydrogen-bond donors (Lipinski definition) is 3. The highest BCUT2D eigenvalue weighted by Gasteiger charge is 2.60. The molecule has 8 atom stereocenters. The second kappa shape index (κ2) is 12.3. The Balaban J connectivity index is 0.000000532. The molecule has 0 aromatic heterocycles. The number of alkyl halides is 3. The maximum Gasteiger partial charge on any atom is 0.490 e. The molecule has 4 rings (SSSR count). The van der Waals surface area contributed by atoms with Crippen LogP contribution in [0.3, 0.4) is 0 Å². The Morgan fingerprint density at radius 1 is 1.05 bits per heavy atom. The molecule has 4 aliphatic rings. The number of amides is 1. The predicted molar refractivity (Wildman–Crippen MR) is 141 cm³/mol. The molecule has 3 N–H and O–H groups in total. The number of aliphatic hydroxyl groups excluding tert-OH is 1. The summed E-state index contributed by atoms with van der Waals surface area (Å²) in [4.78, 5) is 28.1. The minimum atomic E-state index is -5.08. The molecule has 4 saturated carbocycles. The minimum absolute atomic E-state index is 0.0757. The zero-order chi connectivity index (χ0) is 29.2. The summed E-state index contributed by atoms with van der Waals surface area (Å²) in [6.45, 7) is 8.44. The average Bonchev–Trinajstić information content (AvgIpc) is 3.23. The van der Waals surface area contributed by atoms with Gasteiger partial charge in [-0.25, -0.2) is 9.59 Å². The van der Waals surface area contributed by atoms with E-state index in [1.807, 2.05) is 7.05 Å². The molecule has 4 aliphatic carbocycles. The lowest BCUT2D eigenvalue weighted by atomic mass is 9.44. The molecular weight excluding hydrogens is 515 g/mol. The molecule has 224 valence electrons. The van der Waals surface area contributed by atoms with E-state index in [1.165, 1.54) is 38.5 Å². The number of rotatable bonds is 5. The van der Waals surface area contributed by atoms with Gasteiger partial charge in [0.1, 0.15) is 0 Å². The van der Waals surface area contributed by atoms with Crippen LogP contribution in [-0.4, -0.2) is 72.4 Å². The lowest BCUT2D eigenvalue weighted by molar-refractivity contribution is -0.192. The highest BCUT2D eigenvalue weighted by Crippen LogP contribution is 2.67. The van der Waals surface area contributed by atoms with E-state index in [0.29, 0.717) is 23.8 Å². The normalized spacial score (nSPS) is 37.9. The summed E-state index contributed by atoms with van der Waals surface area (Å²) in [5, 5.41) is 24.8. The highest BCUT2D eigenvalue weighted by molar-refractivity contribution is 5.85. The second-order valence-electron chi connectivity index (χ2n) is 12.7. The second-order valence-corrected chi connectivity index (χ2v) is 12.7. The molecule has 0 aromatic rings. The Labute approximate surface area is 229 Å². The number of aliphatic carboxylic acids is 1. The van der Waals surface area contributed by atoms with Crippen LogP contribution in [0.15, 0.2) is 5.16 Å². The number of carboxylic acid groups (broad SMARTS) is 1. The van der Waals surface area contributed by atoms with Gasteiger partial charge in [-0.1, -0.05) is 19.0 Å². The molecule has 0 heterocycles. The molecule has 1 amide bonds. The van der Waals surface area contributed by atoms with Crippen molar-refractivity contribution in [3.8, 4) is 0 Å². The summed E-state index contributed by atoms with van der Waals surface area (Å²) < 4.78 is 31.7. The van der Waals surface area contributed by atoms with Crippen LogP contribution in [0.4, 0.5) is 18.0 Å². The number of hydrogen-bond acceptors (Lipinski definition) is 6. The van der Waals surface area contributed by atoms with Crippen molar-refractivity contribution in [3.05, 3.63) is 0 Å². The quantitative estimate of drug-likeness (QED) is 0.239. The van der Waals surface area contributed by atoms with E-state index in [1.54, 1.807) is 11.9 Å². The van der Waals surface area contributed by atoms with Gasteiger partial charge >= 0.3 is 18.2 Å². The molecule has 0 aliphatic heterocycles. The van der Waals surface area contributed by atoms with Crippen molar-refractivity contribution in [3.63, 3.8) is 0 Å². The molecular formula is C28H46F3N3O5. The smallest absolute Gasteiger partial charge is 0.475 e. The Bertz CT molecular complexity index is 915. The van der Waals surface area contributed by atoms with Gasteiger partial charge in [0.15, 0.2) is 0 Å². The average molecular weight is 562 g/mol. The predicted octanol–water partition coefficient (Wildman–Crippen LogP) is 5.30. The number of oxime groups is 1. The van der Waals surface area contributed by atoms with Crippen molar-refractivity contribution in [1.82, 2.24) is 10.2 Å². The van der Waals surface area contributed by atoms with Gasteiger partial charge in [-0.3, -0.25) is 4.84 Å². The molecule has 39 heavy (non-hydrogen) atoms. The van der Waals surface area contributed by atoms with E-state index in [-0.39, 0.29) is 17.6 Å². The van der Waals surface area contributed by atoms with E-state index in [9.17, 15) is 23.1 Å². The van der Waals surface area contributed by atoms with Crippen LogP contribution in [0.1, 0.15) is 78.6 Å². The molecule has 11 heteroatoms. The maximum atomic E-state index is 12.3. The number of carbonyl (C=O) groups excluding carboxylic acids is 1. The third-order valence-electron chi connectivity index (χ3n) is 10.7. The Morgan fingerprint density at radius 2 is 1.67 bits per heavy atom. The number of nitrogens with one attached hydrogen (secondary N) is 1. The van der Waals surface area contributed by atoms with Gasteiger partial charge in [0.05, 0.1) is 11.8 Å². The number of nitrogens with zero attached hydrogens (tertiary/aromatic N) is 2. The number of carbonyl (C=O) groups is 2. The topological polar surface area (TPSA) is 111 Å². The number of halogens is 3. The number of carboxylic acids is 1. The van der Waals surface area contributed by atoms with Gasteiger partial charge in [0, 0.05) is 26.1 Å². The van der Waals surface area contributed by atoms with Crippen LogP contribution in [0.5, 0.6) is 0 Å². The zero-order valence-electron chi connectivity index (χ0n) is 23.9. The van der Waals surface area contributed by atoms with Gasteiger partial charge < -0.3 is 20.4 Å². The summed E-state index contributed by atoms with van der Waals surface area (Å²) in [6, 6.07) is 0. The summed E-state index contributed by atoms with van der Waals surface area (Å²) in [7, 11) is 3.62. The summed E-state index contributed by atoms with van der Waals surface area (Å²) in [6.07, 6.45) is 5.26. The van der Waals surface area contributed by atoms with Crippen molar-refractivity contribution in [2.24, 2.45) is 45.6 Å². The lowest BCUT2D eigenvalue weighted by Crippen LogP contribution is -2.54. The maximum absolute atomic E-state index is 12.3. The van der Waals surface area contributed by atoms with Gasteiger partial charge in [0.2, 0.25) is 0 Å². The first-order valence-corrected chi connectivity index (χ1v) is 14.2. The van der Waals surface area contributed by atoms with Crippen LogP contribution in [0, 0.1) is 40.4 Å². The van der Waals surface area contributed by atoms with Crippen molar-refractivity contribution < 1.29 is 37.8 Å². The van der Waals surface area contributed by atoms with E-state index >= 15 is 0 Å². The van der Waals surface area contributed by atoms with Gasteiger partial charge in [-0.2, -0.15) is 13.2 Å². The lowest BCUT2D eigenvalue weighted by Gasteiger charge is -2.61. The van der Waals surface area contributed by atoms with Crippen LogP contribution < -0.4 is 5.32 Å². The van der Waals surface area contributed by atoms with E-state index < -0.39 is 12.1 Å². The van der Waals surface area contributed by atoms with Crippen LogP contribution in [0.2, 0.25) is 0 Å². The highest BCUT2D eigenvalue weighted by atomic mass is 19.4. The van der Waals surface area contributed by atoms with Crippen LogP contribution >= 0.6 is 0 Å². The Morgan fingerprint density at radius 3 is 2.28 bits per heavy atom. The molecule has 1 unspecified atom stereocenters. The molecule has 0 bridgehead atoms. The first kappa shape index (κ1) is 31.6. The first-order chi connectivity index (χ1) is 18.1. The summed E-state index contributed by atoms with van der Waals surface area (Å²) in [5.41, 5.74) is 1.67. The monoisotopic (exact) mass is 561 g/mol. The van der Waals surface area contributed by atoms with Gasteiger partial charge in [-0.15, -0.1) is 0 Å². The fourth-order valence-corrected chi connectivity index (χ4v) is 8.54. The molecule has 8 nitrogen and oxygen atoms in total. The largest absolute Gasteiger partial charge is 0.490 e. The molecule has 4 fully saturated rings.